The van der Waals surface area contributed by atoms with E-state index in [9.17, 15) is 19.2 Å². The Morgan fingerprint density at radius 2 is 1.68 bits per heavy atom. The Morgan fingerprint density at radius 1 is 1.05 bits per heavy atom. The largest absolute Gasteiger partial charge is 0.370 e. The third-order valence-corrected chi connectivity index (χ3v) is 6.30. The Kier molecular flexibility index (Phi) is 12.8. The van der Waals surface area contributed by atoms with Gasteiger partial charge in [-0.2, -0.15) is 0 Å². The van der Waals surface area contributed by atoms with Crippen LogP contribution in [0.2, 0.25) is 0 Å². The highest BCUT2D eigenvalue weighted by molar-refractivity contribution is 5.95. The highest BCUT2D eigenvalue weighted by Crippen LogP contribution is 2.21. The number of likely N-dealkylation sites (N-methyl/N-ethyl adjacent to an activating group) is 1. The molecule has 0 saturated carbocycles. The van der Waals surface area contributed by atoms with E-state index < -0.39 is 41.4 Å². The molecule has 212 valence electrons. The summed E-state index contributed by atoms with van der Waals surface area (Å²) in [7, 11) is 0. The molecule has 4 amide bonds. The fourth-order valence-electron chi connectivity index (χ4n) is 4.19. The third-order valence-electron chi connectivity index (χ3n) is 6.30. The summed E-state index contributed by atoms with van der Waals surface area (Å²) in [6.07, 6.45) is 2.32. The summed E-state index contributed by atoms with van der Waals surface area (Å²) < 4.78 is 0. The topological polar surface area (TPSA) is 198 Å². The number of carbonyl (C=O) groups is 4. The Morgan fingerprint density at radius 3 is 2.22 bits per heavy atom. The average Bonchev–Trinajstić information content (AvgIpc) is 3.28. The molecular weight excluding hydrogens is 476 g/mol. The normalized spacial score (nSPS) is 18.1. The van der Waals surface area contributed by atoms with Gasteiger partial charge in [0.1, 0.15) is 18.1 Å². The summed E-state index contributed by atoms with van der Waals surface area (Å²) in [4.78, 5) is 57.8. The molecule has 12 heteroatoms. The first kappa shape index (κ1) is 32.1. The summed E-state index contributed by atoms with van der Waals surface area (Å²) in [6, 6.07) is -3.17. The lowest BCUT2D eigenvalue weighted by Gasteiger charge is -2.31. The Balaban J connectivity index is 3.11. The lowest BCUT2D eigenvalue weighted by molar-refractivity contribution is -0.142. The Labute approximate surface area is 220 Å². The molecule has 0 aromatic carbocycles. The molecule has 0 bridgehead atoms. The SMILES string of the molecule is CCNC(=O)[C@@H]1CCCN1C(=O)[C@H](CCCN=C(N)N)NC(=O)[C@H](CC(C)C)NC(=O)[C@H](N)C(C)(C)C. The number of likely N-dealkylation sites (tertiary alicyclic amines) is 1. The van der Waals surface area contributed by atoms with E-state index in [1.54, 1.807) is 0 Å². The number of guanidine groups is 1. The zero-order chi connectivity index (χ0) is 28.3. The quantitative estimate of drug-likeness (QED) is 0.106. The van der Waals surface area contributed by atoms with Gasteiger partial charge in [0.25, 0.3) is 0 Å². The second-order valence-corrected chi connectivity index (χ2v) is 11.1. The summed E-state index contributed by atoms with van der Waals surface area (Å²) in [6.45, 7) is 12.4. The minimum Gasteiger partial charge on any atom is -0.370 e. The van der Waals surface area contributed by atoms with Crippen LogP contribution >= 0.6 is 0 Å². The van der Waals surface area contributed by atoms with Crippen LogP contribution in [0.25, 0.3) is 0 Å². The van der Waals surface area contributed by atoms with Crippen LogP contribution < -0.4 is 33.2 Å². The number of amides is 4. The molecule has 0 unspecified atom stereocenters. The number of aliphatic imine (C=N–C) groups is 1. The third kappa shape index (κ3) is 10.6. The molecule has 0 aliphatic carbocycles. The van der Waals surface area contributed by atoms with E-state index in [1.807, 2.05) is 41.5 Å². The summed E-state index contributed by atoms with van der Waals surface area (Å²) in [5.41, 5.74) is 16.4. The van der Waals surface area contributed by atoms with Gasteiger partial charge in [0.05, 0.1) is 6.04 Å². The number of nitrogens with two attached hydrogens (primary N) is 3. The fraction of sp³-hybridized carbons (Fsp3) is 0.800. The van der Waals surface area contributed by atoms with Crippen LogP contribution in [0.3, 0.4) is 0 Å². The Bertz CT molecular complexity index is 820. The van der Waals surface area contributed by atoms with E-state index in [-0.39, 0.29) is 36.7 Å². The molecule has 0 spiro atoms. The fourth-order valence-corrected chi connectivity index (χ4v) is 4.19. The number of hydrogen-bond donors (Lipinski definition) is 6. The maximum Gasteiger partial charge on any atom is 0.245 e. The van der Waals surface area contributed by atoms with E-state index in [1.165, 1.54) is 4.90 Å². The highest BCUT2D eigenvalue weighted by Gasteiger charge is 2.38. The van der Waals surface area contributed by atoms with Crippen molar-refractivity contribution in [3.63, 3.8) is 0 Å². The van der Waals surface area contributed by atoms with Crippen LogP contribution in [0.15, 0.2) is 4.99 Å². The lowest BCUT2D eigenvalue weighted by atomic mass is 9.86. The molecule has 4 atom stereocenters. The van der Waals surface area contributed by atoms with Crippen LogP contribution in [0.5, 0.6) is 0 Å². The van der Waals surface area contributed by atoms with Crippen molar-refractivity contribution in [3.05, 3.63) is 0 Å². The molecule has 1 aliphatic heterocycles. The van der Waals surface area contributed by atoms with Gasteiger partial charge < -0.3 is 38.1 Å². The zero-order valence-electron chi connectivity index (χ0n) is 23.3. The molecule has 1 heterocycles. The predicted molar refractivity (Wildman–Crippen MR) is 144 cm³/mol. The van der Waals surface area contributed by atoms with E-state index in [0.29, 0.717) is 38.8 Å². The van der Waals surface area contributed by atoms with E-state index in [4.69, 9.17) is 17.2 Å². The molecule has 1 aliphatic rings. The highest BCUT2D eigenvalue weighted by atomic mass is 16.2. The minimum atomic E-state index is -0.903. The van der Waals surface area contributed by atoms with Crippen molar-refractivity contribution in [2.45, 2.75) is 97.8 Å². The van der Waals surface area contributed by atoms with E-state index >= 15 is 0 Å². The van der Waals surface area contributed by atoms with Crippen molar-refractivity contribution in [1.29, 1.82) is 0 Å². The van der Waals surface area contributed by atoms with Gasteiger partial charge >= 0.3 is 0 Å². The van der Waals surface area contributed by atoms with Gasteiger partial charge in [-0.3, -0.25) is 24.2 Å². The van der Waals surface area contributed by atoms with Crippen molar-refractivity contribution in [1.82, 2.24) is 20.9 Å². The summed E-state index contributed by atoms with van der Waals surface area (Å²) in [5.74, 6) is -1.42. The first-order chi connectivity index (χ1) is 17.2. The van der Waals surface area contributed by atoms with Gasteiger partial charge in [0.15, 0.2) is 5.96 Å². The van der Waals surface area contributed by atoms with Gasteiger partial charge in [-0.25, -0.2) is 0 Å². The van der Waals surface area contributed by atoms with Crippen LogP contribution in [-0.2, 0) is 19.2 Å². The van der Waals surface area contributed by atoms with E-state index in [2.05, 4.69) is 20.9 Å². The van der Waals surface area contributed by atoms with Gasteiger partial charge in [-0.05, 0) is 50.4 Å². The van der Waals surface area contributed by atoms with Crippen molar-refractivity contribution >= 4 is 29.6 Å². The van der Waals surface area contributed by atoms with Crippen LogP contribution in [0.1, 0.15) is 73.6 Å². The number of carbonyl (C=O) groups excluding carboxylic acids is 4. The van der Waals surface area contributed by atoms with Crippen LogP contribution in [0.4, 0.5) is 0 Å². The van der Waals surface area contributed by atoms with Crippen LogP contribution in [0, 0.1) is 11.3 Å². The molecule has 0 aromatic heterocycles. The summed E-state index contributed by atoms with van der Waals surface area (Å²) in [5, 5.41) is 8.38. The maximum atomic E-state index is 13.6. The van der Waals surface area contributed by atoms with Crippen molar-refractivity contribution in [2.24, 2.45) is 33.5 Å². The summed E-state index contributed by atoms with van der Waals surface area (Å²) >= 11 is 0. The molecule has 1 fully saturated rings. The average molecular weight is 525 g/mol. The van der Waals surface area contributed by atoms with Gasteiger partial charge in [0, 0.05) is 19.6 Å². The minimum absolute atomic E-state index is 0.0577. The molecule has 1 saturated heterocycles. The molecule has 12 nitrogen and oxygen atoms in total. The molecule has 0 aromatic rings. The lowest BCUT2D eigenvalue weighted by Crippen LogP contribution is -2.59. The Hall–Kier alpha value is -2.89. The monoisotopic (exact) mass is 524 g/mol. The second kappa shape index (κ2) is 14.7. The number of nitrogens with zero attached hydrogens (tertiary/aromatic N) is 2. The van der Waals surface area contributed by atoms with Crippen molar-refractivity contribution in [2.75, 3.05) is 19.6 Å². The van der Waals surface area contributed by atoms with Crippen LogP contribution in [-0.4, -0.2) is 78.3 Å². The zero-order valence-corrected chi connectivity index (χ0v) is 23.3. The molecule has 37 heavy (non-hydrogen) atoms. The molecule has 1 rings (SSSR count). The predicted octanol–water partition coefficient (Wildman–Crippen LogP) is -0.444. The number of nitrogens with one attached hydrogen (secondary N) is 3. The molecule has 9 N–H and O–H groups in total. The van der Waals surface area contributed by atoms with Gasteiger partial charge in [-0.1, -0.05) is 34.6 Å². The number of hydrogen-bond acceptors (Lipinski definition) is 6. The molecule has 0 radical (unpaired) electrons. The smallest absolute Gasteiger partial charge is 0.245 e. The first-order valence-electron chi connectivity index (χ1n) is 13.2. The van der Waals surface area contributed by atoms with Gasteiger partial charge in [0.2, 0.25) is 23.6 Å². The van der Waals surface area contributed by atoms with Crippen molar-refractivity contribution < 1.29 is 19.2 Å². The second-order valence-electron chi connectivity index (χ2n) is 11.1. The number of rotatable bonds is 13. The van der Waals surface area contributed by atoms with E-state index in [0.717, 1.165) is 0 Å². The standard InChI is InChI=1S/C25H48N8O4/c1-7-29-21(35)18-11-9-13-33(18)23(37)16(10-8-12-30-24(27)28)31-20(34)17(14-15(2)3)32-22(36)19(26)25(4,5)6/h15-19H,7-14,26H2,1-6H3,(H,29,35)(H,31,34)(H,32,36)(H4,27,28,30)/t16-,17-,18-,19-/m0/s1. The van der Waals surface area contributed by atoms with Crippen molar-refractivity contribution in [3.8, 4) is 0 Å². The van der Waals surface area contributed by atoms with Gasteiger partial charge in [-0.15, -0.1) is 0 Å². The first-order valence-corrected chi connectivity index (χ1v) is 13.2. The molecular formula is C25H48N8O4. The maximum absolute atomic E-state index is 13.6.